The zero-order valence-electron chi connectivity index (χ0n) is 11.8. The third kappa shape index (κ3) is 4.04. The quantitative estimate of drug-likeness (QED) is 0.792. The average molecular weight is 235 g/mol. The fourth-order valence-corrected chi connectivity index (χ4v) is 1.77. The lowest BCUT2D eigenvalue weighted by atomic mass is 9.85. The number of nitrogens with one attached hydrogen (secondary N) is 1. The van der Waals surface area contributed by atoms with Crippen LogP contribution in [0, 0.1) is 0 Å². The predicted molar refractivity (Wildman–Crippen MR) is 73.9 cm³/mol. The van der Waals surface area contributed by atoms with Crippen LogP contribution < -0.4 is 10.1 Å². The third-order valence-electron chi connectivity index (χ3n) is 2.87. The molecule has 0 unspecified atom stereocenters. The van der Waals surface area contributed by atoms with Gasteiger partial charge in [0.2, 0.25) is 0 Å². The second-order valence-corrected chi connectivity index (χ2v) is 5.39. The highest BCUT2D eigenvalue weighted by molar-refractivity contribution is 5.41. The molecule has 2 nitrogen and oxygen atoms in total. The van der Waals surface area contributed by atoms with Gasteiger partial charge in [-0.05, 0) is 36.1 Å². The molecule has 0 fully saturated rings. The molecule has 1 rings (SSSR count). The van der Waals surface area contributed by atoms with Crippen LogP contribution in [0.25, 0.3) is 0 Å². The predicted octanol–water partition coefficient (Wildman–Crippen LogP) is 3.14. The SMILES string of the molecule is CCc1ccc(OCCNC)c(C(C)(C)C)c1. The number of likely N-dealkylation sites (N-methyl/N-ethyl adjacent to an activating group) is 1. The van der Waals surface area contributed by atoms with Gasteiger partial charge in [0, 0.05) is 6.54 Å². The Morgan fingerprint density at radius 1 is 1.24 bits per heavy atom. The normalized spacial score (nSPS) is 11.6. The molecular formula is C15H25NO. The van der Waals surface area contributed by atoms with Crippen LogP contribution in [-0.4, -0.2) is 20.2 Å². The van der Waals surface area contributed by atoms with Crippen molar-refractivity contribution in [3.63, 3.8) is 0 Å². The van der Waals surface area contributed by atoms with Crippen LogP contribution in [-0.2, 0) is 11.8 Å². The van der Waals surface area contributed by atoms with E-state index in [2.05, 4.69) is 51.2 Å². The fraction of sp³-hybridized carbons (Fsp3) is 0.600. The first-order chi connectivity index (χ1) is 7.99. The molecule has 1 N–H and O–H groups in total. The van der Waals surface area contributed by atoms with Crippen LogP contribution in [0.4, 0.5) is 0 Å². The summed E-state index contributed by atoms with van der Waals surface area (Å²) in [6.07, 6.45) is 1.07. The molecule has 0 heterocycles. The van der Waals surface area contributed by atoms with Gasteiger partial charge in [-0.3, -0.25) is 0 Å². The molecule has 0 aliphatic heterocycles. The molecule has 0 amide bonds. The molecule has 0 bridgehead atoms. The lowest BCUT2D eigenvalue weighted by Crippen LogP contribution is -2.19. The standard InChI is InChI=1S/C15H25NO/c1-6-12-7-8-14(17-10-9-16-5)13(11-12)15(2,3)4/h7-8,11,16H,6,9-10H2,1-5H3. The van der Waals surface area contributed by atoms with Gasteiger partial charge >= 0.3 is 0 Å². The van der Waals surface area contributed by atoms with Gasteiger partial charge in [0.1, 0.15) is 12.4 Å². The Labute approximate surface area is 105 Å². The topological polar surface area (TPSA) is 21.3 Å². The Morgan fingerprint density at radius 3 is 2.47 bits per heavy atom. The average Bonchev–Trinajstić information content (AvgIpc) is 2.28. The van der Waals surface area contributed by atoms with Crippen molar-refractivity contribution in [1.82, 2.24) is 5.32 Å². The van der Waals surface area contributed by atoms with E-state index >= 15 is 0 Å². The van der Waals surface area contributed by atoms with Crippen molar-refractivity contribution in [3.8, 4) is 5.75 Å². The maximum absolute atomic E-state index is 5.84. The van der Waals surface area contributed by atoms with E-state index in [1.54, 1.807) is 0 Å². The van der Waals surface area contributed by atoms with Gasteiger partial charge in [0.25, 0.3) is 0 Å². The van der Waals surface area contributed by atoms with Gasteiger partial charge < -0.3 is 10.1 Å². The lowest BCUT2D eigenvalue weighted by molar-refractivity contribution is 0.309. The molecule has 1 aromatic carbocycles. The van der Waals surface area contributed by atoms with Crippen molar-refractivity contribution in [3.05, 3.63) is 29.3 Å². The lowest BCUT2D eigenvalue weighted by Gasteiger charge is -2.23. The summed E-state index contributed by atoms with van der Waals surface area (Å²) in [5, 5.41) is 3.09. The molecule has 96 valence electrons. The van der Waals surface area contributed by atoms with Crippen molar-refractivity contribution < 1.29 is 4.74 Å². The van der Waals surface area contributed by atoms with Gasteiger partial charge in [0.15, 0.2) is 0 Å². The van der Waals surface area contributed by atoms with Crippen LogP contribution >= 0.6 is 0 Å². The first kappa shape index (κ1) is 14.0. The largest absolute Gasteiger partial charge is 0.492 e. The second kappa shape index (κ2) is 6.06. The number of rotatable bonds is 5. The minimum absolute atomic E-state index is 0.125. The van der Waals surface area contributed by atoms with Crippen LogP contribution in [0.15, 0.2) is 18.2 Å². The molecule has 0 saturated carbocycles. The number of aryl methyl sites for hydroxylation is 1. The molecule has 0 aromatic heterocycles. The highest BCUT2D eigenvalue weighted by Gasteiger charge is 2.19. The number of hydrogen-bond donors (Lipinski definition) is 1. The van der Waals surface area contributed by atoms with E-state index in [1.165, 1.54) is 11.1 Å². The molecule has 17 heavy (non-hydrogen) atoms. The zero-order chi connectivity index (χ0) is 12.9. The van der Waals surface area contributed by atoms with E-state index in [1.807, 2.05) is 7.05 Å². The van der Waals surface area contributed by atoms with E-state index in [-0.39, 0.29) is 5.41 Å². The summed E-state index contributed by atoms with van der Waals surface area (Å²) in [7, 11) is 1.94. The summed E-state index contributed by atoms with van der Waals surface area (Å²) in [4.78, 5) is 0. The molecule has 2 heteroatoms. The summed E-state index contributed by atoms with van der Waals surface area (Å²) in [6.45, 7) is 10.5. The number of hydrogen-bond acceptors (Lipinski definition) is 2. The van der Waals surface area contributed by atoms with Crippen LogP contribution in [0.3, 0.4) is 0 Å². The van der Waals surface area contributed by atoms with E-state index in [0.29, 0.717) is 6.61 Å². The van der Waals surface area contributed by atoms with Crippen LogP contribution in [0.2, 0.25) is 0 Å². The zero-order valence-corrected chi connectivity index (χ0v) is 11.8. The maximum atomic E-state index is 5.84. The summed E-state index contributed by atoms with van der Waals surface area (Å²) < 4.78 is 5.84. The summed E-state index contributed by atoms with van der Waals surface area (Å²) >= 11 is 0. The molecule has 0 spiro atoms. The highest BCUT2D eigenvalue weighted by Crippen LogP contribution is 2.32. The van der Waals surface area contributed by atoms with Gasteiger partial charge in [-0.15, -0.1) is 0 Å². The molecule has 0 radical (unpaired) electrons. The Morgan fingerprint density at radius 2 is 1.94 bits per heavy atom. The maximum Gasteiger partial charge on any atom is 0.123 e. The molecule has 1 aromatic rings. The summed E-state index contributed by atoms with van der Waals surface area (Å²) in [6, 6.07) is 6.54. The van der Waals surface area contributed by atoms with Crippen molar-refractivity contribution >= 4 is 0 Å². The summed E-state index contributed by atoms with van der Waals surface area (Å²) in [5.74, 6) is 1.02. The fourth-order valence-electron chi connectivity index (χ4n) is 1.77. The first-order valence-electron chi connectivity index (χ1n) is 6.40. The Balaban J connectivity index is 2.95. The monoisotopic (exact) mass is 235 g/mol. The van der Waals surface area contributed by atoms with Crippen LogP contribution in [0.1, 0.15) is 38.8 Å². The summed E-state index contributed by atoms with van der Waals surface area (Å²) in [5.41, 5.74) is 2.80. The smallest absolute Gasteiger partial charge is 0.123 e. The number of ether oxygens (including phenoxy) is 1. The minimum Gasteiger partial charge on any atom is -0.492 e. The van der Waals surface area contributed by atoms with E-state index in [9.17, 15) is 0 Å². The third-order valence-corrected chi connectivity index (χ3v) is 2.87. The Kier molecular flexibility index (Phi) is 5.01. The molecule has 0 aliphatic carbocycles. The van der Waals surface area contributed by atoms with Crippen molar-refractivity contribution in [2.24, 2.45) is 0 Å². The van der Waals surface area contributed by atoms with Crippen molar-refractivity contribution in [1.29, 1.82) is 0 Å². The van der Waals surface area contributed by atoms with Crippen LogP contribution in [0.5, 0.6) is 5.75 Å². The second-order valence-electron chi connectivity index (χ2n) is 5.39. The van der Waals surface area contributed by atoms with E-state index < -0.39 is 0 Å². The highest BCUT2D eigenvalue weighted by atomic mass is 16.5. The van der Waals surface area contributed by atoms with E-state index in [0.717, 1.165) is 18.7 Å². The molecule has 0 atom stereocenters. The molecular weight excluding hydrogens is 210 g/mol. The van der Waals surface area contributed by atoms with Gasteiger partial charge in [-0.1, -0.05) is 39.8 Å². The minimum atomic E-state index is 0.125. The van der Waals surface area contributed by atoms with Gasteiger partial charge in [-0.25, -0.2) is 0 Å². The first-order valence-corrected chi connectivity index (χ1v) is 6.40. The molecule has 0 aliphatic rings. The van der Waals surface area contributed by atoms with Crippen molar-refractivity contribution in [2.75, 3.05) is 20.2 Å². The van der Waals surface area contributed by atoms with Gasteiger partial charge in [-0.2, -0.15) is 0 Å². The van der Waals surface area contributed by atoms with E-state index in [4.69, 9.17) is 4.74 Å². The molecule has 0 saturated heterocycles. The van der Waals surface area contributed by atoms with Crippen molar-refractivity contribution in [2.45, 2.75) is 39.5 Å². The van der Waals surface area contributed by atoms with Gasteiger partial charge in [0.05, 0.1) is 0 Å². The Hall–Kier alpha value is -1.02. The Bertz CT molecular complexity index is 352. The number of benzene rings is 1.